The Balaban J connectivity index is 1.47. The highest BCUT2D eigenvalue weighted by Gasteiger charge is 2.38. The molecule has 2 aromatic carbocycles. The second-order valence-electron chi connectivity index (χ2n) is 6.58. The molecule has 2 aromatic rings. The molecule has 2 aliphatic rings. The van der Waals surface area contributed by atoms with Gasteiger partial charge in [0.05, 0.1) is 0 Å². The Morgan fingerprint density at radius 3 is 2.77 bits per heavy atom. The minimum Gasteiger partial charge on any atom is -0.267 e. The van der Waals surface area contributed by atoms with E-state index in [4.69, 9.17) is 0 Å². The third-order valence-electron chi connectivity index (χ3n) is 5.26. The zero-order valence-electron chi connectivity index (χ0n) is 12.5. The van der Waals surface area contributed by atoms with Crippen molar-refractivity contribution in [2.75, 3.05) is 0 Å². The minimum atomic E-state index is -0.129. The summed E-state index contributed by atoms with van der Waals surface area (Å²) >= 11 is 0. The van der Waals surface area contributed by atoms with Gasteiger partial charge >= 0.3 is 0 Å². The fraction of sp³-hybridized carbons (Fsp3) is 0.368. The van der Waals surface area contributed by atoms with Crippen molar-refractivity contribution < 1.29 is 4.79 Å². The maximum Gasteiger partial charge on any atom is 0.271 e. The molecule has 2 bridgehead atoms. The lowest BCUT2D eigenvalue weighted by Crippen LogP contribution is -2.20. The SMILES string of the molecule is O=C(NN=C[C@H]1C[C@H]2CC[C@H]1C2)c1cccc2ccccc12. The first-order chi connectivity index (χ1) is 10.8. The Morgan fingerprint density at radius 1 is 1.09 bits per heavy atom. The van der Waals surface area contributed by atoms with Gasteiger partial charge in [-0.2, -0.15) is 5.10 Å². The van der Waals surface area contributed by atoms with Crippen molar-refractivity contribution in [2.45, 2.75) is 25.7 Å². The normalized spacial score (nSPS) is 26.8. The Labute approximate surface area is 130 Å². The van der Waals surface area contributed by atoms with Gasteiger partial charge in [0.25, 0.3) is 5.91 Å². The highest BCUT2D eigenvalue weighted by atomic mass is 16.2. The summed E-state index contributed by atoms with van der Waals surface area (Å²) in [7, 11) is 0. The maximum absolute atomic E-state index is 12.4. The molecule has 0 spiro atoms. The molecule has 0 radical (unpaired) electrons. The predicted octanol–water partition coefficient (Wildman–Crippen LogP) is 3.99. The maximum atomic E-state index is 12.4. The summed E-state index contributed by atoms with van der Waals surface area (Å²) < 4.78 is 0. The molecule has 0 aliphatic heterocycles. The fourth-order valence-corrected chi connectivity index (χ4v) is 4.15. The smallest absolute Gasteiger partial charge is 0.267 e. The van der Waals surface area contributed by atoms with Crippen LogP contribution in [0, 0.1) is 17.8 Å². The molecule has 3 heteroatoms. The summed E-state index contributed by atoms with van der Waals surface area (Å²) in [6.07, 6.45) is 7.29. The molecule has 112 valence electrons. The minimum absolute atomic E-state index is 0.129. The van der Waals surface area contributed by atoms with Crippen molar-refractivity contribution in [2.24, 2.45) is 22.9 Å². The highest BCUT2D eigenvalue weighted by Crippen LogP contribution is 2.47. The largest absolute Gasteiger partial charge is 0.271 e. The van der Waals surface area contributed by atoms with Gasteiger partial charge in [-0.3, -0.25) is 4.79 Å². The van der Waals surface area contributed by atoms with Gasteiger partial charge in [0, 0.05) is 11.8 Å². The second kappa shape index (κ2) is 5.56. The van der Waals surface area contributed by atoms with E-state index in [1.165, 1.54) is 25.7 Å². The Morgan fingerprint density at radius 2 is 1.95 bits per heavy atom. The van der Waals surface area contributed by atoms with Crippen LogP contribution in [0.3, 0.4) is 0 Å². The van der Waals surface area contributed by atoms with Gasteiger partial charge in [-0.25, -0.2) is 5.43 Å². The Kier molecular flexibility index (Phi) is 3.41. The van der Waals surface area contributed by atoms with E-state index in [2.05, 4.69) is 10.5 Å². The van der Waals surface area contributed by atoms with Crippen LogP contribution in [-0.2, 0) is 0 Å². The van der Waals surface area contributed by atoms with Crippen LogP contribution in [-0.4, -0.2) is 12.1 Å². The first kappa shape index (κ1) is 13.5. The Hall–Kier alpha value is -2.16. The number of carbonyl (C=O) groups excluding carboxylic acids is 1. The van der Waals surface area contributed by atoms with Crippen molar-refractivity contribution in [3.05, 3.63) is 48.0 Å². The number of fused-ring (bicyclic) bond motifs is 3. The van der Waals surface area contributed by atoms with E-state index in [1.807, 2.05) is 48.7 Å². The number of rotatable bonds is 3. The van der Waals surface area contributed by atoms with Crippen molar-refractivity contribution in [3.8, 4) is 0 Å². The molecule has 0 aromatic heterocycles. The van der Waals surface area contributed by atoms with E-state index in [0.29, 0.717) is 11.5 Å². The van der Waals surface area contributed by atoms with Gasteiger partial charge in [0.1, 0.15) is 0 Å². The van der Waals surface area contributed by atoms with Crippen LogP contribution in [0.2, 0.25) is 0 Å². The van der Waals surface area contributed by atoms with Gasteiger partial charge in [-0.1, -0.05) is 42.8 Å². The first-order valence-corrected chi connectivity index (χ1v) is 8.12. The lowest BCUT2D eigenvalue weighted by molar-refractivity contribution is 0.0956. The highest BCUT2D eigenvalue weighted by molar-refractivity contribution is 6.07. The molecule has 0 heterocycles. The van der Waals surface area contributed by atoms with Crippen LogP contribution in [0.15, 0.2) is 47.6 Å². The zero-order valence-corrected chi connectivity index (χ0v) is 12.5. The van der Waals surface area contributed by atoms with E-state index in [0.717, 1.165) is 22.6 Å². The number of amides is 1. The summed E-state index contributed by atoms with van der Waals surface area (Å²) in [5, 5.41) is 6.28. The molecule has 4 rings (SSSR count). The summed E-state index contributed by atoms with van der Waals surface area (Å²) in [6, 6.07) is 13.7. The predicted molar refractivity (Wildman–Crippen MR) is 88.8 cm³/mol. The molecule has 3 atom stereocenters. The number of carbonyl (C=O) groups is 1. The van der Waals surface area contributed by atoms with Crippen LogP contribution in [0.4, 0.5) is 0 Å². The zero-order chi connectivity index (χ0) is 14.9. The summed E-state index contributed by atoms with van der Waals surface area (Å²) in [5.41, 5.74) is 3.39. The molecule has 0 saturated heterocycles. The molecule has 1 N–H and O–H groups in total. The lowest BCUT2D eigenvalue weighted by Gasteiger charge is -2.16. The summed E-state index contributed by atoms with van der Waals surface area (Å²) in [6.45, 7) is 0. The molecule has 2 aliphatic carbocycles. The second-order valence-corrected chi connectivity index (χ2v) is 6.58. The van der Waals surface area contributed by atoms with Crippen molar-refractivity contribution in [1.29, 1.82) is 0 Å². The third kappa shape index (κ3) is 2.41. The van der Waals surface area contributed by atoms with Gasteiger partial charge in [-0.15, -0.1) is 0 Å². The van der Waals surface area contributed by atoms with Crippen LogP contribution in [0.25, 0.3) is 10.8 Å². The number of nitrogens with one attached hydrogen (secondary N) is 1. The quantitative estimate of drug-likeness (QED) is 0.674. The molecule has 1 amide bonds. The Bertz CT molecular complexity index is 732. The number of hydrogen-bond acceptors (Lipinski definition) is 2. The van der Waals surface area contributed by atoms with E-state index < -0.39 is 0 Å². The van der Waals surface area contributed by atoms with Crippen LogP contribution < -0.4 is 5.43 Å². The van der Waals surface area contributed by atoms with Gasteiger partial charge < -0.3 is 0 Å². The number of benzene rings is 2. The molecule has 22 heavy (non-hydrogen) atoms. The topological polar surface area (TPSA) is 41.5 Å². The number of hydrazone groups is 1. The lowest BCUT2D eigenvalue weighted by atomic mass is 9.90. The standard InChI is InChI=1S/C19H20N2O/c22-19(18-7-3-5-14-4-1-2-6-17(14)18)21-20-12-16-11-13-8-9-15(16)10-13/h1-7,12-13,15-16H,8-11H2,(H,21,22)/t13-,15-,16+/m0/s1. The van der Waals surface area contributed by atoms with E-state index in [1.54, 1.807) is 0 Å². The summed E-state index contributed by atoms with van der Waals surface area (Å²) in [5.74, 6) is 2.13. The van der Waals surface area contributed by atoms with Crippen molar-refractivity contribution in [3.63, 3.8) is 0 Å². The number of hydrogen-bond donors (Lipinski definition) is 1. The van der Waals surface area contributed by atoms with Crippen molar-refractivity contribution >= 4 is 22.9 Å². The van der Waals surface area contributed by atoms with E-state index in [-0.39, 0.29) is 5.91 Å². The molecule has 2 fully saturated rings. The summed E-state index contributed by atoms with van der Waals surface area (Å²) in [4.78, 5) is 12.4. The molecule has 2 saturated carbocycles. The third-order valence-corrected chi connectivity index (χ3v) is 5.26. The van der Waals surface area contributed by atoms with Crippen LogP contribution >= 0.6 is 0 Å². The first-order valence-electron chi connectivity index (χ1n) is 8.12. The van der Waals surface area contributed by atoms with E-state index in [9.17, 15) is 4.79 Å². The molecule has 3 nitrogen and oxygen atoms in total. The van der Waals surface area contributed by atoms with Gasteiger partial charge in [0.15, 0.2) is 0 Å². The molecular formula is C19H20N2O. The monoisotopic (exact) mass is 292 g/mol. The fourth-order valence-electron chi connectivity index (χ4n) is 4.15. The van der Waals surface area contributed by atoms with Crippen molar-refractivity contribution in [1.82, 2.24) is 5.43 Å². The average Bonchev–Trinajstić information content (AvgIpc) is 3.17. The van der Waals surface area contributed by atoms with Crippen LogP contribution in [0.1, 0.15) is 36.0 Å². The van der Waals surface area contributed by atoms with Gasteiger partial charge in [0.2, 0.25) is 0 Å². The molecular weight excluding hydrogens is 272 g/mol. The van der Waals surface area contributed by atoms with E-state index >= 15 is 0 Å². The number of nitrogens with zero attached hydrogens (tertiary/aromatic N) is 1. The average molecular weight is 292 g/mol. The van der Waals surface area contributed by atoms with Gasteiger partial charge in [-0.05, 0) is 53.9 Å². The van der Waals surface area contributed by atoms with Crippen LogP contribution in [0.5, 0.6) is 0 Å². The molecule has 0 unspecified atom stereocenters.